The molecule has 5 nitrogen and oxygen atoms in total. The highest BCUT2D eigenvalue weighted by Gasteiger charge is 2.26. The molecule has 0 amide bonds. The number of benzene rings is 1. The molecule has 1 saturated carbocycles. The maximum Gasteiger partial charge on any atom is 0.181 e. The molecule has 28 heavy (non-hydrogen) atoms. The minimum absolute atomic E-state index is 0.202. The lowest BCUT2D eigenvalue weighted by atomic mass is 10.0. The number of para-hydroxylation sites is 1. The number of nitrogens with zero attached hydrogens (tertiary/aromatic N) is 4. The van der Waals surface area contributed by atoms with Crippen molar-refractivity contribution in [1.29, 1.82) is 0 Å². The van der Waals surface area contributed by atoms with E-state index in [0.717, 1.165) is 55.4 Å². The zero-order valence-electron chi connectivity index (χ0n) is 15.6. The van der Waals surface area contributed by atoms with Gasteiger partial charge in [-0.2, -0.15) is 0 Å². The van der Waals surface area contributed by atoms with Crippen LogP contribution in [0.2, 0.25) is 5.02 Å². The first-order valence-corrected chi connectivity index (χ1v) is 10.3. The summed E-state index contributed by atoms with van der Waals surface area (Å²) in [5.74, 6) is 1.55. The van der Waals surface area contributed by atoms with Crippen molar-refractivity contribution in [3.05, 3.63) is 53.2 Å². The molecule has 0 spiro atoms. The summed E-state index contributed by atoms with van der Waals surface area (Å²) in [6.07, 6.45) is 7.44. The highest BCUT2D eigenvalue weighted by Crippen LogP contribution is 2.35. The zero-order chi connectivity index (χ0) is 19.1. The van der Waals surface area contributed by atoms with Crippen LogP contribution in [0.25, 0.3) is 5.65 Å². The molecule has 1 N–H and O–H groups in total. The molecule has 5 rings (SSSR count). The van der Waals surface area contributed by atoms with Gasteiger partial charge in [0.1, 0.15) is 16.7 Å². The van der Waals surface area contributed by atoms with E-state index in [4.69, 9.17) is 11.6 Å². The van der Waals surface area contributed by atoms with Crippen molar-refractivity contribution >= 4 is 28.6 Å². The molecule has 2 fully saturated rings. The van der Waals surface area contributed by atoms with Gasteiger partial charge in [-0.15, -0.1) is 10.2 Å². The Morgan fingerprint density at radius 2 is 1.86 bits per heavy atom. The highest BCUT2D eigenvalue weighted by molar-refractivity contribution is 6.36. The average molecular weight is 400 g/mol. The van der Waals surface area contributed by atoms with Gasteiger partial charge < -0.3 is 10.2 Å². The smallest absolute Gasteiger partial charge is 0.181 e. The monoisotopic (exact) mass is 399 g/mol. The molecule has 146 valence electrons. The predicted octanol–water partition coefficient (Wildman–Crippen LogP) is 4.56. The Kier molecular flexibility index (Phi) is 4.59. The van der Waals surface area contributed by atoms with E-state index in [2.05, 4.69) is 26.5 Å². The van der Waals surface area contributed by atoms with Gasteiger partial charge in [-0.1, -0.05) is 23.7 Å². The molecule has 1 aliphatic carbocycles. The minimum Gasteiger partial charge on any atom is -0.380 e. The number of hydrogen-bond acceptors (Lipinski definition) is 4. The summed E-state index contributed by atoms with van der Waals surface area (Å²) in [5.41, 5.74) is 2.32. The van der Waals surface area contributed by atoms with Crippen LogP contribution in [-0.2, 0) is 6.42 Å². The molecule has 2 aliphatic rings. The van der Waals surface area contributed by atoms with Gasteiger partial charge in [0.15, 0.2) is 5.65 Å². The molecule has 3 heterocycles. The van der Waals surface area contributed by atoms with Gasteiger partial charge >= 0.3 is 0 Å². The van der Waals surface area contributed by atoms with Crippen molar-refractivity contribution in [2.45, 2.75) is 38.1 Å². The topological polar surface area (TPSA) is 45.5 Å². The fourth-order valence-electron chi connectivity index (χ4n) is 3.99. The van der Waals surface area contributed by atoms with Gasteiger partial charge in [0, 0.05) is 31.7 Å². The second-order valence-electron chi connectivity index (χ2n) is 7.86. The first-order chi connectivity index (χ1) is 13.7. The first-order valence-electron chi connectivity index (χ1n) is 9.97. The molecule has 0 unspecified atom stereocenters. The van der Waals surface area contributed by atoms with Crippen molar-refractivity contribution in [3.8, 4) is 0 Å². The summed E-state index contributed by atoms with van der Waals surface area (Å²) >= 11 is 6.70. The minimum atomic E-state index is -0.202. The summed E-state index contributed by atoms with van der Waals surface area (Å²) in [7, 11) is 0. The molecule has 2 aromatic heterocycles. The lowest BCUT2D eigenvalue weighted by Crippen LogP contribution is -2.39. The first kappa shape index (κ1) is 17.7. The lowest BCUT2D eigenvalue weighted by Gasteiger charge is -2.34. The summed E-state index contributed by atoms with van der Waals surface area (Å²) in [6.45, 7) is 1.73. The van der Waals surface area contributed by atoms with E-state index in [0.29, 0.717) is 10.7 Å². The number of halogens is 2. The molecule has 0 radical (unpaired) electrons. The van der Waals surface area contributed by atoms with Crippen molar-refractivity contribution < 1.29 is 4.39 Å². The number of aromatic nitrogens is 3. The maximum absolute atomic E-state index is 13.9. The largest absolute Gasteiger partial charge is 0.380 e. The Bertz CT molecular complexity index is 992. The Balaban J connectivity index is 1.29. The molecule has 1 aromatic carbocycles. The van der Waals surface area contributed by atoms with Gasteiger partial charge in [-0.05, 0) is 49.8 Å². The van der Waals surface area contributed by atoms with E-state index < -0.39 is 0 Å². The fraction of sp³-hybridized carbons (Fsp3) is 0.429. The molecule has 0 bridgehead atoms. The molecule has 3 aromatic rings. The van der Waals surface area contributed by atoms with Gasteiger partial charge in [0.25, 0.3) is 0 Å². The second-order valence-corrected chi connectivity index (χ2v) is 8.24. The number of nitrogens with one attached hydrogen (secondary N) is 1. The number of pyridine rings is 1. The second kappa shape index (κ2) is 7.24. The molecular formula is C21H23ClFN5. The van der Waals surface area contributed by atoms with Crippen molar-refractivity contribution in [2.24, 2.45) is 5.92 Å². The summed E-state index contributed by atoms with van der Waals surface area (Å²) < 4.78 is 15.9. The Hall–Kier alpha value is -2.34. The van der Waals surface area contributed by atoms with Crippen molar-refractivity contribution in [1.82, 2.24) is 14.6 Å². The van der Waals surface area contributed by atoms with Crippen LogP contribution in [0.15, 0.2) is 36.5 Å². The SMILES string of the molecule is Fc1ccccc1NC1CCN(c2ccn3c(CC4CC4)nnc3c2Cl)CC1. The third-order valence-corrected chi connectivity index (χ3v) is 6.17. The van der Waals surface area contributed by atoms with Gasteiger partial charge in [-0.25, -0.2) is 4.39 Å². The van der Waals surface area contributed by atoms with Crippen LogP contribution in [0.5, 0.6) is 0 Å². The molecule has 7 heteroatoms. The van der Waals surface area contributed by atoms with Crippen molar-refractivity contribution in [2.75, 3.05) is 23.3 Å². The van der Waals surface area contributed by atoms with E-state index in [9.17, 15) is 4.39 Å². The van der Waals surface area contributed by atoms with Gasteiger partial charge in [0.05, 0.1) is 11.4 Å². The summed E-state index contributed by atoms with van der Waals surface area (Å²) in [4.78, 5) is 2.29. The van der Waals surface area contributed by atoms with Crippen LogP contribution in [0, 0.1) is 11.7 Å². The van der Waals surface area contributed by atoms with E-state index >= 15 is 0 Å². The van der Waals surface area contributed by atoms with Crippen LogP contribution >= 0.6 is 11.6 Å². The molecule has 1 saturated heterocycles. The highest BCUT2D eigenvalue weighted by atomic mass is 35.5. The standard InChI is InChI=1S/C21H23ClFN5/c22-20-18(9-12-28-19(13-14-5-6-14)25-26-21(20)28)27-10-7-15(8-11-27)24-17-4-2-1-3-16(17)23/h1-4,9,12,14-15,24H,5-8,10-11,13H2. The molecular weight excluding hydrogens is 377 g/mol. The van der Waals surface area contributed by atoms with E-state index in [1.807, 2.05) is 16.7 Å². The van der Waals surface area contributed by atoms with Crippen LogP contribution in [-0.4, -0.2) is 33.7 Å². The number of hydrogen-bond donors (Lipinski definition) is 1. The normalized spacial score (nSPS) is 18.0. The number of rotatable bonds is 5. The van der Waals surface area contributed by atoms with Crippen LogP contribution in [0.4, 0.5) is 15.8 Å². The van der Waals surface area contributed by atoms with E-state index in [-0.39, 0.29) is 11.9 Å². The average Bonchev–Trinajstić information content (AvgIpc) is 3.43. The lowest BCUT2D eigenvalue weighted by molar-refractivity contribution is 0.522. The van der Waals surface area contributed by atoms with E-state index in [1.165, 1.54) is 18.9 Å². The van der Waals surface area contributed by atoms with Crippen LogP contribution in [0.3, 0.4) is 0 Å². The maximum atomic E-state index is 13.9. The molecule has 0 atom stereocenters. The van der Waals surface area contributed by atoms with E-state index in [1.54, 1.807) is 12.1 Å². The Morgan fingerprint density at radius 1 is 1.07 bits per heavy atom. The van der Waals surface area contributed by atoms with Crippen LogP contribution < -0.4 is 10.2 Å². The third-order valence-electron chi connectivity index (χ3n) is 5.81. The quantitative estimate of drug-likeness (QED) is 0.683. The predicted molar refractivity (Wildman–Crippen MR) is 110 cm³/mol. The number of fused-ring (bicyclic) bond motifs is 1. The molecule has 1 aliphatic heterocycles. The Morgan fingerprint density at radius 3 is 2.61 bits per heavy atom. The summed E-state index contributed by atoms with van der Waals surface area (Å²) in [6, 6.07) is 9.17. The fourth-order valence-corrected chi connectivity index (χ4v) is 4.30. The van der Waals surface area contributed by atoms with Crippen LogP contribution in [0.1, 0.15) is 31.5 Å². The number of piperidine rings is 1. The van der Waals surface area contributed by atoms with Gasteiger partial charge in [0.2, 0.25) is 0 Å². The van der Waals surface area contributed by atoms with Gasteiger partial charge in [-0.3, -0.25) is 4.40 Å². The number of anilines is 2. The Labute approximate surface area is 168 Å². The third kappa shape index (κ3) is 3.41. The summed E-state index contributed by atoms with van der Waals surface area (Å²) in [5, 5.41) is 12.7. The zero-order valence-corrected chi connectivity index (χ0v) is 16.4. The van der Waals surface area contributed by atoms with Crippen molar-refractivity contribution in [3.63, 3.8) is 0 Å².